The summed E-state index contributed by atoms with van der Waals surface area (Å²) >= 11 is 1.35. The van der Waals surface area contributed by atoms with E-state index in [1.807, 2.05) is 11.4 Å². The highest BCUT2D eigenvalue weighted by atomic mass is 32.1. The number of para-hydroxylation sites is 1. The van der Waals surface area contributed by atoms with Crippen molar-refractivity contribution >= 4 is 23.0 Å². The number of allylic oxidation sites excluding steroid dienone is 1. The molecule has 0 unspecified atom stereocenters. The predicted molar refractivity (Wildman–Crippen MR) is 81.4 cm³/mol. The minimum atomic E-state index is 0.169. The van der Waals surface area contributed by atoms with Gasteiger partial charge >= 0.3 is 0 Å². The minimum absolute atomic E-state index is 0.169. The lowest BCUT2D eigenvalue weighted by Crippen LogP contribution is -1.82. The van der Waals surface area contributed by atoms with Gasteiger partial charge in [0, 0.05) is 17.0 Å². The quantitative estimate of drug-likeness (QED) is 0.736. The number of benzene rings is 1. The van der Waals surface area contributed by atoms with E-state index < -0.39 is 0 Å². The van der Waals surface area contributed by atoms with E-state index in [0.29, 0.717) is 27.6 Å². The maximum atomic E-state index is 9.85. The van der Waals surface area contributed by atoms with E-state index in [0.717, 1.165) is 0 Å². The zero-order valence-corrected chi connectivity index (χ0v) is 11.7. The topological polar surface area (TPSA) is 70.0 Å². The van der Waals surface area contributed by atoms with Gasteiger partial charge in [0.25, 0.3) is 0 Å². The molecule has 2 heterocycles. The summed E-state index contributed by atoms with van der Waals surface area (Å²) in [7, 11) is 0. The molecule has 0 spiro atoms. The van der Waals surface area contributed by atoms with Crippen LogP contribution in [0.2, 0.25) is 0 Å². The van der Waals surface area contributed by atoms with Crippen LogP contribution in [-0.4, -0.2) is 10.1 Å². The van der Waals surface area contributed by atoms with Crippen molar-refractivity contribution in [3.8, 4) is 23.1 Å². The van der Waals surface area contributed by atoms with E-state index in [1.165, 1.54) is 11.3 Å². The summed E-state index contributed by atoms with van der Waals surface area (Å²) in [6, 6.07) is 12.6. The molecule has 0 aliphatic heterocycles. The van der Waals surface area contributed by atoms with Gasteiger partial charge in [-0.15, -0.1) is 11.3 Å². The first-order valence-corrected chi connectivity index (χ1v) is 7.05. The van der Waals surface area contributed by atoms with Crippen molar-refractivity contribution < 1.29 is 9.52 Å². The summed E-state index contributed by atoms with van der Waals surface area (Å²) in [5.74, 6) is 0.772. The van der Waals surface area contributed by atoms with Crippen molar-refractivity contribution in [1.29, 1.82) is 5.26 Å². The Morgan fingerprint density at radius 1 is 1.29 bits per heavy atom. The van der Waals surface area contributed by atoms with E-state index in [1.54, 1.807) is 42.7 Å². The van der Waals surface area contributed by atoms with Crippen LogP contribution in [0.4, 0.5) is 0 Å². The lowest BCUT2D eigenvalue weighted by molar-refractivity contribution is 0.477. The van der Waals surface area contributed by atoms with E-state index in [4.69, 9.17) is 4.42 Å². The zero-order valence-electron chi connectivity index (χ0n) is 10.9. The summed E-state index contributed by atoms with van der Waals surface area (Å²) in [4.78, 5) is 4.42. The Morgan fingerprint density at radius 2 is 2.14 bits per heavy atom. The summed E-state index contributed by atoms with van der Waals surface area (Å²) < 4.78 is 5.21. The Hall–Kier alpha value is -2.84. The second kappa shape index (κ2) is 5.65. The Morgan fingerprint density at radius 3 is 2.86 bits per heavy atom. The van der Waals surface area contributed by atoms with Gasteiger partial charge in [0.05, 0.1) is 17.5 Å². The molecule has 1 aromatic carbocycles. The molecule has 0 saturated carbocycles. The van der Waals surface area contributed by atoms with Crippen molar-refractivity contribution in [2.45, 2.75) is 0 Å². The van der Waals surface area contributed by atoms with Gasteiger partial charge in [-0.1, -0.05) is 12.1 Å². The molecule has 0 radical (unpaired) electrons. The van der Waals surface area contributed by atoms with Crippen molar-refractivity contribution in [3.05, 3.63) is 58.8 Å². The van der Waals surface area contributed by atoms with E-state index >= 15 is 0 Å². The SMILES string of the molecule is N#CC(=Cc1ccco1)c1nc(-c2ccccc2O)cs1. The number of hydrogen-bond acceptors (Lipinski definition) is 5. The van der Waals surface area contributed by atoms with Crippen LogP contribution in [-0.2, 0) is 0 Å². The fourth-order valence-electron chi connectivity index (χ4n) is 1.87. The van der Waals surface area contributed by atoms with E-state index in [-0.39, 0.29) is 5.75 Å². The Labute approximate surface area is 125 Å². The second-order valence-electron chi connectivity index (χ2n) is 4.24. The van der Waals surface area contributed by atoms with Gasteiger partial charge < -0.3 is 9.52 Å². The molecule has 2 aromatic heterocycles. The molecule has 21 heavy (non-hydrogen) atoms. The van der Waals surface area contributed by atoms with Crippen LogP contribution in [0.5, 0.6) is 5.75 Å². The van der Waals surface area contributed by atoms with Gasteiger partial charge in [0.2, 0.25) is 0 Å². The van der Waals surface area contributed by atoms with Crippen LogP contribution in [0.15, 0.2) is 52.5 Å². The highest BCUT2D eigenvalue weighted by Crippen LogP contribution is 2.31. The van der Waals surface area contributed by atoms with Crippen molar-refractivity contribution in [2.75, 3.05) is 0 Å². The lowest BCUT2D eigenvalue weighted by Gasteiger charge is -1.99. The van der Waals surface area contributed by atoms with Gasteiger partial charge in [0.1, 0.15) is 22.6 Å². The van der Waals surface area contributed by atoms with Gasteiger partial charge in [-0.25, -0.2) is 4.98 Å². The normalized spacial score (nSPS) is 11.3. The van der Waals surface area contributed by atoms with Crippen LogP contribution >= 0.6 is 11.3 Å². The molecule has 4 nitrogen and oxygen atoms in total. The van der Waals surface area contributed by atoms with Crippen molar-refractivity contribution in [1.82, 2.24) is 4.98 Å². The van der Waals surface area contributed by atoms with Crippen molar-refractivity contribution in [3.63, 3.8) is 0 Å². The lowest BCUT2D eigenvalue weighted by atomic mass is 10.1. The first kappa shape index (κ1) is 13.2. The molecule has 0 saturated heterocycles. The van der Waals surface area contributed by atoms with Crippen LogP contribution in [0, 0.1) is 11.3 Å². The maximum absolute atomic E-state index is 9.85. The molecule has 0 aliphatic carbocycles. The van der Waals surface area contributed by atoms with Gasteiger partial charge in [0.15, 0.2) is 0 Å². The minimum Gasteiger partial charge on any atom is -0.507 e. The molecule has 5 heteroatoms. The molecule has 1 N–H and O–H groups in total. The predicted octanol–water partition coefficient (Wildman–Crippen LogP) is 4.17. The number of phenols is 1. The molecule has 3 rings (SSSR count). The third-order valence-corrected chi connectivity index (χ3v) is 3.74. The molecule has 0 fully saturated rings. The zero-order chi connectivity index (χ0) is 14.7. The number of hydrogen-bond donors (Lipinski definition) is 1. The molecule has 102 valence electrons. The number of nitrogens with zero attached hydrogens (tertiary/aromatic N) is 2. The largest absolute Gasteiger partial charge is 0.507 e. The number of phenolic OH excluding ortho intramolecular Hbond substituents is 1. The van der Waals surface area contributed by atoms with Gasteiger partial charge in [-0.3, -0.25) is 0 Å². The first-order valence-electron chi connectivity index (χ1n) is 6.17. The number of rotatable bonds is 3. The van der Waals surface area contributed by atoms with Crippen LogP contribution in [0.3, 0.4) is 0 Å². The summed E-state index contributed by atoms with van der Waals surface area (Å²) in [6.07, 6.45) is 3.20. The van der Waals surface area contributed by atoms with E-state index in [9.17, 15) is 10.4 Å². The third kappa shape index (κ3) is 2.71. The number of aromatic nitrogens is 1. The average molecular weight is 294 g/mol. The van der Waals surface area contributed by atoms with Crippen LogP contribution in [0.1, 0.15) is 10.8 Å². The molecule has 0 amide bonds. The summed E-state index contributed by atoms with van der Waals surface area (Å²) in [6.45, 7) is 0. The summed E-state index contributed by atoms with van der Waals surface area (Å²) in [5.41, 5.74) is 1.72. The number of nitriles is 1. The highest BCUT2D eigenvalue weighted by molar-refractivity contribution is 7.11. The summed E-state index contributed by atoms with van der Waals surface area (Å²) in [5, 5.41) is 21.5. The van der Waals surface area contributed by atoms with Gasteiger partial charge in [-0.05, 0) is 24.3 Å². The molecule has 0 bridgehead atoms. The fraction of sp³-hybridized carbons (Fsp3) is 0. The van der Waals surface area contributed by atoms with Crippen LogP contribution in [0.25, 0.3) is 22.9 Å². The smallest absolute Gasteiger partial charge is 0.134 e. The maximum Gasteiger partial charge on any atom is 0.134 e. The molecular formula is C16H10N2O2S. The third-order valence-electron chi connectivity index (χ3n) is 2.86. The molecule has 0 atom stereocenters. The monoisotopic (exact) mass is 294 g/mol. The fourth-order valence-corrected chi connectivity index (χ4v) is 2.65. The first-order chi connectivity index (χ1) is 10.3. The number of thiazole rings is 1. The second-order valence-corrected chi connectivity index (χ2v) is 5.10. The Balaban J connectivity index is 1.98. The molecule has 0 aliphatic rings. The highest BCUT2D eigenvalue weighted by Gasteiger charge is 2.11. The Kier molecular flexibility index (Phi) is 3.54. The molecular weight excluding hydrogens is 284 g/mol. The Bertz CT molecular complexity index is 826. The van der Waals surface area contributed by atoms with E-state index in [2.05, 4.69) is 11.1 Å². The molecule has 3 aromatic rings. The van der Waals surface area contributed by atoms with Crippen LogP contribution < -0.4 is 0 Å². The van der Waals surface area contributed by atoms with Gasteiger partial charge in [-0.2, -0.15) is 5.26 Å². The average Bonchev–Trinajstić information content (AvgIpc) is 3.17. The number of furan rings is 1. The number of aromatic hydroxyl groups is 1. The van der Waals surface area contributed by atoms with Crippen molar-refractivity contribution in [2.24, 2.45) is 0 Å². The standard InChI is InChI=1S/C16H10N2O2S/c17-9-11(8-12-4-3-7-20-12)16-18-14(10-21-16)13-5-1-2-6-15(13)19/h1-8,10,19H.